The number of ether oxygens (including phenoxy) is 2. The lowest BCUT2D eigenvalue weighted by Crippen LogP contribution is -2.23. The van der Waals surface area contributed by atoms with Gasteiger partial charge in [0.05, 0.1) is 36.7 Å². The molecule has 0 atom stereocenters. The molecule has 0 saturated carbocycles. The number of aliphatic hydroxyl groups excluding tert-OH is 1. The maximum absolute atomic E-state index is 13.5. The van der Waals surface area contributed by atoms with Gasteiger partial charge < -0.3 is 24.0 Å². The highest BCUT2D eigenvalue weighted by atomic mass is 16.5. The van der Waals surface area contributed by atoms with E-state index in [4.69, 9.17) is 9.47 Å². The van der Waals surface area contributed by atoms with Crippen molar-refractivity contribution in [1.82, 2.24) is 19.7 Å². The summed E-state index contributed by atoms with van der Waals surface area (Å²) in [5.74, 6) is 0.560. The van der Waals surface area contributed by atoms with Crippen LogP contribution in [0.5, 0.6) is 5.75 Å². The fraction of sp³-hybridized carbons (Fsp3) is 0.333. The molecule has 0 saturated heterocycles. The Morgan fingerprint density at radius 1 is 1.05 bits per heavy atom. The molecule has 212 valence electrons. The maximum atomic E-state index is 13.5. The zero-order valence-corrected chi connectivity index (χ0v) is 23.7. The standard InChI is InChI=1S/C33H36N4O4/c1-3-40-33(39)32-25(15-8-19-41-29-16-6-11-22-10-4-5-12-23(22)29)24-13-7-14-26-30-27(34-35-28(30)21-38)20-36(2)17-9-18-37(32)31(24)26/h4-7,10-14,16,38H,3,8-9,15,17-21H2,1-2H3,(H,34,35). The maximum Gasteiger partial charge on any atom is 0.355 e. The van der Waals surface area contributed by atoms with Crippen molar-refractivity contribution < 1.29 is 19.4 Å². The van der Waals surface area contributed by atoms with Crippen molar-refractivity contribution >= 4 is 27.6 Å². The second kappa shape index (κ2) is 11.8. The Kier molecular flexibility index (Phi) is 7.76. The van der Waals surface area contributed by atoms with Gasteiger partial charge >= 0.3 is 5.97 Å². The van der Waals surface area contributed by atoms with Crippen LogP contribution in [0.2, 0.25) is 0 Å². The topological polar surface area (TPSA) is 92.6 Å². The fourth-order valence-corrected chi connectivity index (χ4v) is 6.16. The molecule has 6 rings (SSSR count). The third kappa shape index (κ3) is 5.09. The van der Waals surface area contributed by atoms with Crippen LogP contribution in [0, 0.1) is 0 Å². The van der Waals surface area contributed by atoms with Crippen molar-refractivity contribution in [2.75, 3.05) is 26.8 Å². The number of carbonyl (C=O) groups excluding carboxylic acids is 1. The van der Waals surface area contributed by atoms with Crippen molar-refractivity contribution in [2.45, 2.75) is 45.9 Å². The lowest BCUT2D eigenvalue weighted by atomic mass is 9.97. The second-order valence-corrected chi connectivity index (χ2v) is 10.6. The molecule has 0 spiro atoms. The number of fused-ring (bicyclic) bond motifs is 3. The highest BCUT2D eigenvalue weighted by molar-refractivity contribution is 6.05. The van der Waals surface area contributed by atoms with Gasteiger partial charge in [-0.2, -0.15) is 5.10 Å². The van der Waals surface area contributed by atoms with Gasteiger partial charge in [-0.25, -0.2) is 4.79 Å². The Hall–Kier alpha value is -4.14. The first kappa shape index (κ1) is 27.1. The van der Waals surface area contributed by atoms with Gasteiger partial charge in [0.15, 0.2) is 0 Å². The number of para-hydroxylation sites is 1. The van der Waals surface area contributed by atoms with Crippen LogP contribution in [0.1, 0.15) is 47.2 Å². The first-order valence-corrected chi connectivity index (χ1v) is 14.4. The number of aliphatic hydroxyl groups is 1. The summed E-state index contributed by atoms with van der Waals surface area (Å²) < 4.78 is 14.0. The van der Waals surface area contributed by atoms with Gasteiger partial charge in [0, 0.05) is 35.0 Å². The number of esters is 1. The smallest absolute Gasteiger partial charge is 0.355 e. The second-order valence-electron chi connectivity index (χ2n) is 10.6. The van der Waals surface area contributed by atoms with Gasteiger partial charge in [-0.05, 0) is 56.8 Å². The van der Waals surface area contributed by atoms with Crippen LogP contribution in [0.15, 0.2) is 60.7 Å². The molecule has 0 aliphatic carbocycles. The molecule has 3 heterocycles. The minimum atomic E-state index is -0.306. The number of aryl methyl sites for hydroxylation is 2. The molecule has 0 unspecified atom stereocenters. The van der Waals surface area contributed by atoms with E-state index in [0.29, 0.717) is 44.1 Å². The van der Waals surface area contributed by atoms with E-state index >= 15 is 0 Å². The van der Waals surface area contributed by atoms with Crippen molar-refractivity contribution in [3.63, 3.8) is 0 Å². The number of aromatic amines is 1. The van der Waals surface area contributed by atoms with E-state index < -0.39 is 0 Å². The molecule has 8 nitrogen and oxygen atoms in total. The number of H-pyrrole nitrogens is 1. The molecule has 1 aliphatic rings. The fourth-order valence-electron chi connectivity index (χ4n) is 6.16. The van der Waals surface area contributed by atoms with E-state index in [2.05, 4.69) is 57.0 Å². The van der Waals surface area contributed by atoms with Crippen molar-refractivity contribution in [1.29, 1.82) is 0 Å². The normalized spacial score (nSPS) is 13.8. The summed E-state index contributed by atoms with van der Waals surface area (Å²) in [6.07, 6.45) is 2.28. The van der Waals surface area contributed by atoms with E-state index in [-0.39, 0.29) is 12.6 Å². The Morgan fingerprint density at radius 3 is 2.71 bits per heavy atom. The predicted octanol–water partition coefficient (Wildman–Crippen LogP) is 5.70. The third-order valence-electron chi connectivity index (χ3n) is 7.92. The summed E-state index contributed by atoms with van der Waals surface area (Å²) in [6.45, 7) is 4.73. The summed E-state index contributed by atoms with van der Waals surface area (Å²) in [4.78, 5) is 15.8. The summed E-state index contributed by atoms with van der Waals surface area (Å²) in [6, 6.07) is 20.5. The van der Waals surface area contributed by atoms with Gasteiger partial charge in [0.1, 0.15) is 11.4 Å². The van der Waals surface area contributed by atoms with Crippen LogP contribution in [-0.4, -0.2) is 57.5 Å². The molecule has 3 aromatic carbocycles. The molecule has 0 fully saturated rings. The molecule has 5 aromatic rings. The average Bonchev–Trinajstić information content (AvgIpc) is 3.53. The molecule has 2 N–H and O–H groups in total. The molecular formula is C33H36N4O4. The van der Waals surface area contributed by atoms with Crippen LogP contribution in [0.3, 0.4) is 0 Å². The summed E-state index contributed by atoms with van der Waals surface area (Å²) in [7, 11) is 2.08. The number of rotatable bonds is 8. The lowest BCUT2D eigenvalue weighted by molar-refractivity contribution is 0.0512. The lowest BCUT2D eigenvalue weighted by Gasteiger charge is -2.21. The first-order chi connectivity index (χ1) is 20.1. The number of hydrogen-bond donors (Lipinski definition) is 2. The number of nitrogens with zero attached hydrogens (tertiary/aromatic N) is 3. The SMILES string of the molecule is CCOC(=O)c1c(CCCOc2cccc3ccccc23)c2cccc3c2n1CCCN(C)Cc1[nH]nc(CO)c1-3. The number of aromatic nitrogens is 3. The van der Waals surface area contributed by atoms with E-state index in [9.17, 15) is 9.90 Å². The van der Waals surface area contributed by atoms with Gasteiger partial charge in [-0.1, -0.05) is 54.6 Å². The minimum Gasteiger partial charge on any atom is -0.493 e. The molecule has 8 heteroatoms. The van der Waals surface area contributed by atoms with Gasteiger partial charge in [-0.15, -0.1) is 0 Å². The van der Waals surface area contributed by atoms with Gasteiger partial charge in [-0.3, -0.25) is 5.10 Å². The van der Waals surface area contributed by atoms with Gasteiger partial charge in [0.2, 0.25) is 0 Å². The Labute approximate surface area is 239 Å². The Balaban J connectivity index is 1.41. The number of benzene rings is 3. The van der Waals surface area contributed by atoms with Crippen LogP contribution >= 0.6 is 0 Å². The van der Waals surface area contributed by atoms with Gasteiger partial charge in [0.25, 0.3) is 0 Å². The molecule has 2 aromatic heterocycles. The summed E-state index contributed by atoms with van der Waals surface area (Å²) in [5, 5.41) is 21.0. The van der Waals surface area contributed by atoms with Crippen LogP contribution in [0.25, 0.3) is 32.8 Å². The number of nitrogens with one attached hydrogen (secondary N) is 1. The Bertz CT molecular complexity index is 1700. The monoisotopic (exact) mass is 552 g/mol. The molecular weight excluding hydrogens is 516 g/mol. The highest BCUT2D eigenvalue weighted by Gasteiger charge is 2.28. The quantitative estimate of drug-likeness (QED) is 0.190. The number of carbonyl (C=O) groups is 1. The average molecular weight is 553 g/mol. The molecule has 0 bridgehead atoms. The molecule has 1 aliphatic heterocycles. The third-order valence-corrected chi connectivity index (χ3v) is 7.92. The molecule has 0 amide bonds. The van der Waals surface area contributed by atoms with E-state index in [0.717, 1.165) is 69.2 Å². The predicted molar refractivity (Wildman–Crippen MR) is 160 cm³/mol. The molecule has 0 radical (unpaired) electrons. The van der Waals surface area contributed by atoms with Crippen LogP contribution in [-0.2, 0) is 30.9 Å². The molecule has 41 heavy (non-hydrogen) atoms. The summed E-state index contributed by atoms with van der Waals surface area (Å²) in [5.41, 5.74) is 6.02. The largest absolute Gasteiger partial charge is 0.493 e. The zero-order chi connectivity index (χ0) is 28.3. The van der Waals surface area contributed by atoms with Crippen molar-refractivity contribution in [2.24, 2.45) is 0 Å². The minimum absolute atomic E-state index is 0.171. The Morgan fingerprint density at radius 2 is 1.85 bits per heavy atom. The van der Waals surface area contributed by atoms with Crippen LogP contribution in [0.4, 0.5) is 0 Å². The van der Waals surface area contributed by atoms with E-state index in [1.165, 1.54) is 0 Å². The van der Waals surface area contributed by atoms with E-state index in [1.54, 1.807) is 0 Å². The zero-order valence-electron chi connectivity index (χ0n) is 23.7. The highest BCUT2D eigenvalue weighted by Crippen LogP contribution is 2.39. The summed E-state index contributed by atoms with van der Waals surface area (Å²) >= 11 is 0. The number of hydrogen-bond acceptors (Lipinski definition) is 6. The van der Waals surface area contributed by atoms with Crippen LogP contribution < -0.4 is 4.74 Å². The van der Waals surface area contributed by atoms with Crippen molar-refractivity contribution in [3.8, 4) is 16.9 Å². The first-order valence-electron chi connectivity index (χ1n) is 14.4. The van der Waals surface area contributed by atoms with E-state index in [1.807, 2.05) is 37.3 Å². The van der Waals surface area contributed by atoms with Crippen molar-refractivity contribution in [3.05, 3.63) is 83.3 Å².